The molecular weight excluding hydrogens is 414 g/mol. The molecule has 2 saturated heterocycles. The zero-order valence-electron chi connectivity index (χ0n) is 17.6. The molecule has 7 nitrogen and oxygen atoms in total. The number of rotatable bonds is 6. The van der Waals surface area contributed by atoms with Gasteiger partial charge in [0.2, 0.25) is 21.8 Å². The fourth-order valence-corrected chi connectivity index (χ4v) is 5.63. The fraction of sp³-hybridized carbons (Fsp3) is 0.391. The molecule has 4 rings (SSSR count). The average Bonchev–Trinajstić information content (AvgIpc) is 3.45. The van der Waals surface area contributed by atoms with Crippen LogP contribution in [-0.2, 0) is 26.0 Å². The third-order valence-corrected chi connectivity index (χ3v) is 7.86. The third kappa shape index (κ3) is 4.50. The fourth-order valence-electron chi connectivity index (χ4n) is 4.11. The van der Waals surface area contributed by atoms with Crippen LogP contribution in [0.1, 0.15) is 31.7 Å². The maximum absolute atomic E-state index is 12.7. The van der Waals surface area contributed by atoms with E-state index in [2.05, 4.69) is 12.2 Å². The number of anilines is 2. The minimum atomic E-state index is -3.48. The number of amides is 2. The standard InChI is InChI=1S/C23H27N3O4S/c1-2-17-6-5-7-20(14-17)26-16-18(15-22(26)27)23(28)24-19-8-10-21(11-9-19)31(29,30)25-12-3-4-13-25/h5-11,14,18H,2-4,12-13,15-16H2,1H3,(H,24,28)/t18-/m1/s1. The second-order valence-corrected chi connectivity index (χ2v) is 9.99. The second kappa shape index (κ2) is 8.80. The molecule has 2 aliphatic rings. The first kappa shape index (κ1) is 21.5. The Morgan fingerprint density at radius 2 is 1.81 bits per heavy atom. The van der Waals surface area contributed by atoms with E-state index in [0.29, 0.717) is 25.3 Å². The molecule has 2 heterocycles. The minimum absolute atomic E-state index is 0.0690. The Morgan fingerprint density at radius 3 is 2.48 bits per heavy atom. The Hall–Kier alpha value is -2.71. The van der Waals surface area contributed by atoms with Gasteiger partial charge in [-0.1, -0.05) is 19.1 Å². The molecule has 0 unspecified atom stereocenters. The van der Waals surface area contributed by atoms with E-state index < -0.39 is 15.9 Å². The zero-order chi connectivity index (χ0) is 22.0. The number of benzene rings is 2. The van der Waals surface area contributed by atoms with Crippen LogP contribution in [0.15, 0.2) is 53.4 Å². The van der Waals surface area contributed by atoms with Gasteiger partial charge in [-0.25, -0.2) is 8.42 Å². The Kier molecular flexibility index (Phi) is 6.11. The van der Waals surface area contributed by atoms with Crippen LogP contribution in [0, 0.1) is 5.92 Å². The summed E-state index contributed by atoms with van der Waals surface area (Å²) in [5.74, 6) is -0.760. The number of nitrogens with zero attached hydrogens (tertiary/aromatic N) is 2. The highest BCUT2D eigenvalue weighted by Gasteiger charge is 2.35. The molecule has 2 fully saturated rings. The first-order chi connectivity index (χ1) is 14.9. The normalized spacial score (nSPS) is 19.7. The van der Waals surface area contributed by atoms with Crippen LogP contribution in [-0.4, -0.2) is 44.2 Å². The lowest BCUT2D eigenvalue weighted by atomic mass is 10.1. The zero-order valence-corrected chi connectivity index (χ0v) is 18.4. The van der Waals surface area contributed by atoms with Crippen LogP contribution in [0.3, 0.4) is 0 Å². The van der Waals surface area contributed by atoms with Crippen molar-refractivity contribution in [1.82, 2.24) is 4.31 Å². The largest absolute Gasteiger partial charge is 0.326 e. The van der Waals surface area contributed by atoms with Crippen molar-refractivity contribution in [3.05, 3.63) is 54.1 Å². The molecule has 1 N–H and O–H groups in total. The van der Waals surface area contributed by atoms with E-state index in [9.17, 15) is 18.0 Å². The van der Waals surface area contributed by atoms with E-state index in [0.717, 1.165) is 30.5 Å². The van der Waals surface area contributed by atoms with Gasteiger partial charge in [0.1, 0.15) is 0 Å². The van der Waals surface area contributed by atoms with Crippen molar-refractivity contribution in [2.75, 3.05) is 29.9 Å². The number of carbonyl (C=O) groups excluding carboxylic acids is 2. The predicted octanol–water partition coefficient (Wildman–Crippen LogP) is 3.03. The van der Waals surface area contributed by atoms with Crippen molar-refractivity contribution in [2.24, 2.45) is 5.92 Å². The van der Waals surface area contributed by atoms with Gasteiger partial charge < -0.3 is 10.2 Å². The van der Waals surface area contributed by atoms with Gasteiger partial charge >= 0.3 is 0 Å². The molecule has 0 aliphatic carbocycles. The molecule has 164 valence electrons. The molecule has 2 aromatic carbocycles. The molecule has 1 atom stereocenters. The summed E-state index contributed by atoms with van der Waals surface area (Å²) in [4.78, 5) is 27.1. The van der Waals surface area contributed by atoms with Gasteiger partial charge in [-0.3, -0.25) is 9.59 Å². The van der Waals surface area contributed by atoms with Crippen molar-refractivity contribution in [2.45, 2.75) is 37.5 Å². The topological polar surface area (TPSA) is 86.8 Å². The molecular formula is C23H27N3O4S. The summed E-state index contributed by atoms with van der Waals surface area (Å²) in [6, 6.07) is 14.0. The quantitative estimate of drug-likeness (QED) is 0.747. The van der Waals surface area contributed by atoms with Crippen LogP contribution in [0.25, 0.3) is 0 Å². The number of nitrogens with one attached hydrogen (secondary N) is 1. The molecule has 31 heavy (non-hydrogen) atoms. The maximum Gasteiger partial charge on any atom is 0.243 e. The molecule has 0 saturated carbocycles. The van der Waals surface area contributed by atoms with Crippen molar-refractivity contribution in [1.29, 1.82) is 0 Å². The van der Waals surface area contributed by atoms with Gasteiger partial charge in [0, 0.05) is 37.4 Å². The van der Waals surface area contributed by atoms with Gasteiger partial charge in [-0.15, -0.1) is 0 Å². The Bertz CT molecular complexity index is 1080. The van der Waals surface area contributed by atoms with Crippen LogP contribution >= 0.6 is 0 Å². The number of hydrogen-bond donors (Lipinski definition) is 1. The summed E-state index contributed by atoms with van der Waals surface area (Å²) < 4.78 is 26.7. The van der Waals surface area contributed by atoms with Gasteiger partial charge in [-0.2, -0.15) is 4.31 Å². The first-order valence-corrected chi connectivity index (χ1v) is 12.1. The second-order valence-electron chi connectivity index (χ2n) is 8.05. The Morgan fingerprint density at radius 1 is 1.10 bits per heavy atom. The molecule has 2 aromatic rings. The number of aryl methyl sites for hydroxylation is 1. The van der Waals surface area contributed by atoms with Gasteiger partial charge in [0.05, 0.1) is 10.8 Å². The Labute approximate surface area is 183 Å². The van der Waals surface area contributed by atoms with Crippen LogP contribution in [0.2, 0.25) is 0 Å². The summed E-state index contributed by atoms with van der Waals surface area (Å²) in [6.45, 7) is 3.49. The van der Waals surface area contributed by atoms with Gasteiger partial charge in [-0.05, 0) is 61.2 Å². The molecule has 2 amide bonds. The van der Waals surface area contributed by atoms with Crippen LogP contribution in [0.4, 0.5) is 11.4 Å². The van der Waals surface area contributed by atoms with E-state index in [-0.39, 0.29) is 23.1 Å². The van der Waals surface area contributed by atoms with Crippen molar-refractivity contribution in [3.8, 4) is 0 Å². The molecule has 8 heteroatoms. The lowest BCUT2D eigenvalue weighted by Gasteiger charge is -2.18. The third-order valence-electron chi connectivity index (χ3n) is 5.95. The molecule has 2 aliphatic heterocycles. The van der Waals surface area contributed by atoms with Crippen molar-refractivity contribution in [3.63, 3.8) is 0 Å². The minimum Gasteiger partial charge on any atom is -0.326 e. The SMILES string of the molecule is CCc1cccc(N2C[C@H](C(=O)Nc3ccc(S(=O)(=O)N4CCCC4)cc3)CC2=O)c1. The molecule has 0 bridgehead atoms. The lowest BCUT2D eigenvalue weighted by molar-refractivity contribution is -0.122. The van der Waals surface area contributed by atoms with E-state index in [1.807, 2.05) is 24.3 Å². The summed E-state index contributed by atoms with van der Waals surface area (Å²) in [5.41, 5.74) is 2.47. The highest BCUT2D eigenvalue weighted by atomic mass is 32.2. The monoisotopic (exact) mass is 441 g/mol. The number of hydrogen-bond acceptors (Lipinski definition) is 4. The summed E-state index contributed by atoms with van der Waals surface area (Å²) in [6.07, 6.45) is 2.80. The predicted molar refractivity (Wildman–Crippen MR) is 119 cm³/mol. The van der Waals surface area contributed by atoms with E-state index >= 15 is 0 Å². The number of carbonyl (C=O) groups is 2. The van der Waals surface area contributed by atoms with Gasteiger partial charge in [0.25, 0.3) is 0 Å². The highest BCUT2D eigenvalue weighted by molar-refractivity contribution is 7.89. The summed E-state index contributed by atoms with van der Waals surface area (Å²) in [5, 5.41) is 2.82. The smallest absolute Gasteiger partial charge is 0.243 e. The molecule has 0 radical (unpaired) electrons. The highest BCUT2D eigenvalue weighted by Crippen LogP contribution is 2.27. The average molecular weight is 442 g/mol. The number of sulfonamides is 1. The maximum atomic E-state index is 12.7. The molecule has 0 spiro atoms. The lowest BCUT2D eigenvalue weighted by Crippen LogP contribution is -2.28. The van der Waals surface area contributed by atoms with E-state index in [1.54, 1.807) is 17.0 Å². The summed E-state index contributed by atoms with van der Waals surface area (Å²) >= 11 is 0. The Balaban J connectivity index is 1.41. The van der Waals surface area contributed by atoms with E-state index in [1.165, 1.54) is 16.4 Å². The van der Waals surface area contributed by atoms with Crippen molar-refractivity contribution < 1.29 is 18.0 Å². The van der Waals surface area contributed by atoms with Gasteiger partial charge in [0.15, 0.2) is 0 Å². The van der Waals surface area contributed by atoms with E-state index in [4.69, 9.17) is 0 Å². The van der Waals surface area contributed by atoms with Crippen molar-refractivity contribution >= 4 is 33.2 Å². The van der Waals surface area contributed by atoms with Crippen LogP contribution in [0.5, 0.6) is 0 Å². The molecule has 0 aromatic heterocycles. The van der Waals surface area contributed by atoms with Crippen LogP contribution < -0.4 is 10.2 Å². The first-order valence-electron chi connectivity index (χ1n) is 10.7. The summed E-state index contributed by atoms with van der Waals surface area (Å²) in [7, 11) is -3.48.